The maximum Gasteiger partial charge on any atom is 0.0709 e. The molecule has 0 atom stereocenters. The molecule has 0 unspecified atom stereocenters. The van der Waals surface area contributed by atoms with Crippen LogP contribution in [0.15, 0.2) is 72.8 Å². The Kier molecular flexibility index (Phi) is 3.77. The highest BCUT2D eigenvalue weighted by Crippen LogP contribution is 2.50. The van der Waals surface area contributed by atoms with Crippen LogP contribution in [0.3, 0.4) is 0 Å². The van der Waals surface area contributed by atoms with Crippen LogP contribution in [0.5, 0.6) is 0 Å². The van der Waals surface area contributed by atoms with Gasteiger partial charge in [0.05, 0.1) is 11.2 Å². The van der Waals surface area contributed by atoms with Crippen molar-refractivity contribution < 1.29 is 0 Å². The Morgan fingerprint density at radius 3 is 2.17 bits per heavy atom. The Labute approximate surface area is 173 Å². The second-order valence-electron chi connectivity index (χ2n) is 9.78. The summed E-state index contributed by atoms with van der Waals surface area (Å²) in [5, 5.41) is 1.18. The molecule has 5 rings (SSSR count). The fourth-order valence-corrected chi connectivity index (χ4v) is 4.59. The Morgan fingerprint density at radius 2 is 1.41 bits per heavy atom. The summed E-state index contributed by atoms with van der Waals surface area (Å²) in [5.41, 5.74) is 10.4. The van der Waals surface area contributed by atoms with Crippen LogP contribution in [0.4, 0.5) is 0 Å². The number of rotatable bonds is 1. The molecule has 4 aromatic rings. The van der Waals surface area contributed by atoms with Gasteiger partial charge in [-0.1, -0.05) is 89.2 Å². The molecular weight excluding hydrogens is 350 g/mol. The van der Waals surface area contributed by atoms with E-state index in [-0.39, 0.29) is 10.8 Å². The Balaban J connectivity index is 1.65. The molecule has 29 heavy (non-hydrogen) atoms. The van der Waals surface area contributed by atoms with Crippen molar-refractivity contribution >= 4 is 10.9 Å². The second-order valence-corrected chi connectivity index (χ2v) is 9.78. The normalized spacial score (nSPS) is 14.7. The summed E-state index contributed by atoms with van der Waals surface area (Å²) in [6.45, 7) is 11.6. The summed E-state index contributed by atoms with van der Waals surface area (Å²) in [4.78, 5) is 4.91. The molecule has 0 saturated heterocycles. The number of benzene rings is 3. The van der Waals surface area contributed by atoms with E-state index in [0.717, 1.165) is 11.2 Å². The highest BCUT2D eigenvalue weighted by Gasteiger charge is 2.36. The van der Waals surface area contributed by atoms with Crippen LogP contribution in [0.25, 0.3) is 33.3 Å². The van der Waals surface area contributed by atoms with Gasteiger partial charge in [-0.25, -0.2) is 4.98 Å². The lowest BCUT2D eigenvalue weighted by Gasteiger charge is -2.25. The molecule has 0 spiro atoms. The first-order chi connectivity index (χ1) is 13.7. The minimum Gasteiger partial charge on any atom is -0.248 e. The number of pyridine rings is 1. The molecule has 0 saturated carbocycles. The molecule has 144 valence electrons. The smallest absolute Gasteiger partial charge is 0.0709 e. The van der Waals surface area contributed by atoms with Gasteiger partial charge in [0.25, 0.3) is 0 Å². The first-order valence-corrected chi connectivity index (χ1v) is 10.4. The highest BCUT2D eigenvalue weighted by atomic mass is 14.7. The zero-order valence-corrected chi connectivity index (χ0v) is 17.9. The molecule has 0 N–H and O–H groups in total. The van der Waals surface area contributed by atoms with Crippen LogP contribution < -0.4 is 0 Å². The van der Waals surface area contributed by atoms with Crippen molar-refractivity contribution in [3.8, 4) is 22.4 Å². The van der Waals surface area contributed by atoms with E-state index in [1.165, 1.54) is 38.8 Å². The largest absolute Gasteiger partial charge is 0.248 e. The molecule has 3 aromatic carbocycles. The van der Waals surface area contributed by atoms with Crippen molar-refractivity contribution in [3.05, 3.63) is 89.5 Å². The van der Waals surface area contributed by atoms with Gasteiger partial charge in [0, 0.05) is 16.4 Å². The summed E-state index contributed by atoms with van der Waals surface area (Å²) >= 11 is 0. The zero-order valence-electron chi connectivity index (χ0n) is 17.9. The average Bonchev–Trinajstić information content (AvgIpc) is 2.93. The molecule has 1 nitrogen and oxygen atoms in total. The van der Waals surface area contributed by atoms with Gasteiger partial charge in [-0.15, -0.1) is 0 Å². The molecule has 1 aliphatic rings. The van der Waals surface area contributed by atoms with E-state index in [2.05, 4.69) is 101 Å². The number of hydrogen-bond donors (Lipinski definition) is 0. The van der Waals surface area contributed by atoms with Gasteiger partial charge in [0.15, 0.2) is 0 Å². The number of nitrogens with zero attached hydrogens (tertiary/aromatic N) is 1. The lowest BCUT2D eigenvalue weighted by atomic mass is 9.78. The van der Waals surface area contributed by atoms with Crippen molar-refractivity contribution in [1.29, 1.82) is 0 Å². The fraction of sp³-hybridized carbons (Fsp3) is 0.250. The molecule has 0 radical (unpaired) electrons. The Morgan fingerprint density at radius 1 is 0.724 bits per heavy atom. The van der Waals surface area contributed by atoms with Crippen LogP contribution in [-0.2, 0) is 10.8 Å². The molecule has 0 bridgehead atoms. The lowest BCUT2D eigenvalue weighted by molar-refractivity contribution is 0.584. The number of para-hydroxylation sites is 1. The first-order valence-electron chi connectivity index (χ1n) is 10.4. The van der Waals surface area contributed by atoms with Crippen molar-refractivity contribution in [2.24, 2.45) is 0 Å². The van der Waals surface area contributed by atoms with Gasteiger partial charge in [0.1, 0.15) is 0 Å². The number of aromatic nitrogens is 1. The van der Waals surface area contributed by atoms with Crippen LogP contribution in [0.1, 0.15) is 51.3 Å². The molecule has 0 fully saturated rings. The molecule has 0 aliphatic heterocycles. The minimum atomic E-state index is -0.0151. The second kappa shape index (κ2) is 6.03. The summed E-state index contributed by atoms with van der Waals surface area (Å²) in [6, 6.07) is 26.5. The summed E-state index contributed by atoms with van der Waals surface area (Å²) in [7, 11) is 0. The molecular formula is C28H27N. The summed E-state index contributed by atoms with van der Waals surface area (Å²) in [6.07, 6.45) is 0. The molecule has 1 aromatic heterocycles. The maximum absolute atomic E-state index is 4.91. The van der Waals surface area contributed by atoms with E-state index in [9.17, 15) is 0 Å². The van der Waals surface area contributed by atoms with Gasteiger partial charge >= 0.3 is 0 Å². The molecule has 1 heterocycles. The van der Waals surface area contributed by atoms with Crippen molar-refractivity contribution in [2.45, 2.75) is 45.4 Å². The SMILES string of the molecule is CC(C)(C)c1ccc2c(c1)C(C)(C)c1cc(-c3ccc4ccccc4n3)ccc1-2. The predicted molar refractivity (Wildman–Crippen MR) is 123 cm³/mol. The molecule has 0 amide bonds. The van der Waals surface area contributed by atoms with Gasteiger partial charge in [0.2, 0.25) is 0 Å². The monoisotopic (exact) mass is 377 g/mol. The Hall–Kier alpha value is -2.93. The van der Waals surface area contributed by atoms with E-state index in [0.29, 0.717) is 0 Å². The highest BCUT2D eigenvalue weighted by molar-refractivity contribution is 5.85. The third-order valence-electron chi connectivity index (χ3n) is 6.44. The third kappa shape index (κ3) is 2.80. The summed E-state index contributed by atoms with van der Waals surface area (Å²) in [5.74, 6) is 0. The van der Waals surface area contributed by atoms with E-state index in [1.807, 2.05) is 6.07 Å². The third-order valence-corrected chi connectivity index (χ3v) is 6.44. The van der Waals surface area contributed by atoms with Crippen molar-refractivity contribution in [1.82, 2.24) is 4.98 Å². The molecule has 1 aliphatic carbocycles. The quantitative estimate of drug-likeness (QED) is 0.334. The van der Waals surface area contributed by atoms with E-state index in [1.54, 1.807) is 0 Å². The number of fused-ring (bicyclic) bond motifs is 4. The number of hydrogen-bond acceptors (Lipinski definition) is 1. The maximum atomic E-state index is 4.91. The minimum absolute atomic E-state index is 0.0151. The van der Waals surface area contributed by atoms with Crippen molar-refractivity contribution in [2.75, 3.05) is 0 Å². The van der Waals surface area contributed by atoms with Gasteiger partial charge in [-0.2, -0.15) is 0 Å². The predicted octanol–water partition coefficient (Wildman–Crippen LogP) is 7.51. The van der Waals surface area contributed by atoms with E-state index in [4.69, 9.17) is 4.98 Å². The summed E-state index contributed by atoms with van der Waals surface area (Å²) < 4.78 is 0. The average molecular weight is 378 g/mol. The van der Waals surface area contributed by atoms with Gasteiger partial charge in [-0.3, -0.25) is 0 Å². The lowest BCUT2D eigenvalue weighted by Crippen LogP contribution is -2.17. The van der Waals surface area contributed by atoms with Gasteiger partial charge < -0.3 is 0 Å². The van der Waals surface area contributed by atoms with Gasteiger partial charge in [-0.05, 0) is 51.4 Å². The first kappa shape index (κ1) is 18.1. The van der Waals surface area contributed by atoms with Crippen LogP contribution in [0, 0.1) is 0 Å². The Bertz CT molecular complexity index is 1260. The van der Waals surface area contributed by atoms with Crippen LogP contribution >= 0.6 is 0 Å². The van der Waals surface area contributed by atoms with Crippen molar-refractivity contribution in [3.63, 3.8) is 0 Å². The standard InChI is InChI=1S/C28H27N/c1-27(2,3)20-12-14-22-21-13-10-19(16-23(21)28(4,5)24(22)17-20)26-15-11-18-8-6-7-9-25(18)29-26/h6-17H,1-5H3. The topological polar surface area (TPSA) is 12.9 Å². The fourth-order valence-electron chi connectivity index (χ4n) is 4.59. The van der Waals surface area contributed by atoms with E-state index < -0.39 is 0 Å². The zero-order chi connectivity index (χ0) is 20.4. The van der Waals surface area contributed by atoms with E-state index >= 15 is 0 Å². The van der Waals surface area contributed by atoms with Crippen LogP contribution in [-0.4, -0.2) is 4.98 Å². The van der Waals surface area contributed by atoms with Crippen LogP contribution in [0.2, 0.25) is 0 Å². The molecule has 1 heteroatoms.